The van der Waals surface area contributed by atoms with E-state index in [0.29, 0.717) is 18.1 Å². The number of amides is 2. The van der Waals surface area contributed by atoms with E-state index < -0.39 is 0 Å². The SMILES string of the molecule is O=C(CNC(=O)c1cccs1)NC1COC1. The Morgan fingerprint density at radius 3 is 2.88 bits per heavy atom. The van der Waals surface area contributed by atoms with E-state index in [2.05, 4.69) is 10.6 Å². The van der Waals surface area contributed by atoms with Crippen LogP contribution in [0.4, 0.5) is 0 Å². The summed E-state index contributed by atoms with van der Waals surface area (Å²) in [6.07, 6.45) is 0. The number of thiophene rings is 1. The standard InChI is InChI=1S/C10H12N2O3S/c13-9(12-7-5-15-6-7)4-11-10(14)8-2-1-3-16-8/h1-3,7H,4-6H2,(H,11,14)(H,12,13). The first-order chi connectivity index (χ1) is 7.75. The van der Waals surface area contributed by atoms with Crippen molar-refractivity contribution >= 4 is 23.2 Å². The van der Waals surface area contributed by atoms with Gasteiger partial charge in [0.15, 0.2) is 0 Å². The van der Waals surface area contributed by atoms with Gasteiger partial charge in [0, 0.05) is 0 Å². The van der Waals surface area contributed by atoms with Crippen LogP contribution in [0.2, 0.25) is 0 Å². The van der Waals surface area contributed by atoms with Gasteiger partial charge in [0.05, 0.1) is 30.7 Å². The zero-order valence-electron chi connectivity index (χ0n) is 8.56. The summed E-state index contributed by atoms with van der Waals surface area (Å²) in [4.78, 5) is 23.4. The quantitative estimate of drug-likeness (QED) is 0.778. The van der Waals surface area contributed by atoms with Crippen molar-refractivity contribution in [3.05, 3.63) is 22.4 Å². The first kappa shape index (κ1) is 11.1. The van der Waals surface area contributed by atoms with Crippen LogP contribution in [0.5, 0.6) is 0 Å². The molecule has 5 nitrogen and oxygen atoms in total. The Kier molecular flexibility index (Phi) is 3.53. The zero-order chi connectivity index (χ0) is 11.4. The van der Waals surface area contributed by atoms with Gasteiger partial charge in [-0.3, -0.25) is 9.59 Å². The van der Waals surface area contributed by atoms with Gasteiger partial charge in [-0.1, -0.05) is 6.07 Å². The molecule has 0 atom stereocenters. The van der Waals surface area contributed by atoms with Crippen LogP contribution in [0.1, 0.15) is 9.67 Å². The van der Waals surface area contributed by atoms with E-state index in [0.717, 1.165) is 0 Å². The maximum Gasteiger partial charge on any atom is 0.261 e. The highest BCUT2D eigenvalue weighted by molar-refractivity contribution is 7.12. The molecule has 1 aliphatic rings. The molecule has 1 aromatic heterocycles. The highest BCUT2D eigenvalue weighted by Gasteiger charge is 2.20. The molecule has 6 heteroatoms. The molecule has 2 N–H and O–H groups in total. The fraction of sp³-hybridized carbons (Fsp3) is 0.400. The van der Waals surface area contributed by atoms with Crippen LogP contribution >= 0.6 is 11.3 Å². The number of hydrogen-bond acceptors (Lipinski definition) is 4. The monoisotopic (exact) mass is 240 g/mol. The van der Waals surface area contributed by atoms with Crippen molar-refractivity contribution in [3.8, 4) is 0 Å². The second-order valence-electron chi connectivity index (χ2n) is 3.46. The topological polar surface area (TPSA) is 67.4 Å². The fourth-order valence-corrected chi connectivity index (χ4v) is 1.89. The average molecular weight is 240 g/mol. The van der Waals surface area contributed by atoms with Crippen LogP contribution in [-0.2, 0) is 9.53 Å². The van der Waals surface area contributed by atoms with Crippen molar-refractivity contribution in [1.29, 1.82) is 0 Å². The molecule has 1 aromatic rings. The Bertz CT molecular complexity index is 373. The predicted molar refractivity (Wildman–Crippen MR) is 59.4 cm³/mol. The predicted octanol–water partition coefficient (Wildman–Crippen LogP) is -0.00710. The third kappa shape index (κ3) is 2.80. The molecule has 2 amide bonds. The molecule has 0 saturated carbocycles. The normalized spacial score (nSPS) is 15.2. The third-order valence-corrected chi connectivity index (χ3v) is 3.03. The first-order valence-electron chi connectivity index (χ1n) is 4.94. The van der Waals surface area contributed by atoms with E-state index in [-0.39, 0.29) is 24.4 Å². The average Bonchev–Trinajstić information content (AvgIpc) is 2.73. The van der Waals surface area contributed by atoms with Gasteiger partial charge in [-0.25, -0.2) is 0 Å². The Hall–Kier alpha value is -1.40. The summed E-state index contributed by atoms with van der Waals surface area (Å²) < 4.78 is 4.92. The summed E-state index contributed by atoms with van der Waals surface area (Å²) in [5, 5.41) is 7.12. The summed E-state index contributed by atoms with van der Waals surface area (Å²) in [6, 6.07) is 3.62. The molecule has 0 aliphatic carbocycles. The largest absolute Gasteiger partial charge is 0.377 e. The van der Waals surface area contributed by atoms with Crippen LogP contribution in [0.25, 0.3) is 0 Å². The minimum Gasteiger partial charge on any atom is -0.377 e. The molecule has 1 saturated heterocycles. The van der Waals surface area contributed by atoms with E-state index in [1.165, 1.54) is 11.3 Å². The van der Waals surface area contributed by atoms with Gasteiger partial charge < -0.3 is 15.4 Å². The zero-order valence-corrected chi connectivity index (χ0v) is 9.38. The van der Waals surface area contributed by atoms with Crippen LogP contribution in [0, 0.1) is 0 Å². The minimum absolute atomic E-state index is 0.00718. The van der Waals surface area contributed by atoms with Gasteiger partial charge in [-0.2, -0.15) is 0 Å². The van der Waals surface area contributed by atoms with Crippen molar-refractivity contribution in [1.82, 2.24) is 10.6 Å². The summed E-state index contributed by atoms with van der Waals surface area (Å²) in [7, 11) is 0. The first-order valence-corrected chi connectivity index (χ1v) is 5.82. The summed E-state index contributed by atoms with van der Waals surface area (Å²) in [5.41, 5.74) is 0. The van der Waals surface area contributed by atoms with Crippen molar-refractivity contribution in [2.75, 3.05) is 19.8 Å². The van der Waals surface area contributed by atoms with Crippen molar-refractivity contribution in [3.63, 3.8) is 0 Å². The van der Waals surface area contributed by atoms with Crippen LogP contribution in [0.15, 0.2) is 17.5 Å². The molecule has 0 bridgehead atoms. The van der Waals surface area contributed by atoms with Gasteiger partial charge in [0.1, 0.15) is 0 Å². The molecule has 0 aromatic carbocycles. The smallest absolute Gasteiger partial charge is 0.261 e. The number of carbonyl (C=O) groups excluding carboxylic acids is 2. The Morgan fingerprint density at radius 1 is 1.50 bits per heavy atom. The molecule has 0 radical (unpaired) electrons. The Morgan fingerprint density at radius 2 is 2.31 bits per heavy atom. The lowest BCUT2D eigenvalue weighted by atomic mass is 10.2. The van der Waals surface area contributed by atoms with Crippen molar-refractivity contribution in [2.45, 2.75) is 6.04 Å². The molecule has 2 heterocycles. The van der Waals surface area contributed by atoms with Crippen molar-refractivity contribution in [2.24, 2.45) is 0 Å². The van der Waals surface area contributed by atoms with Gasteiger partial charge in [0.2, 0.25) is 5.91 Å². The van der Waals surface area contributed by atoms with Gasteiger partial charge >= 0.3 is 0 Å². The maximum atomic E-state index is 11.5. The van der Waals surface area contributed by atoms with Gasteiger partial charge in [-0.15, -0.1) is 11.3 Å². The second-order valence-corrected chi connectivity index (χ2v) is 4.41. The highest BCUT2D eigenvalue weighted by atomic mass is 32.1. The highest BCUT2D eigenvalue weighted by Crippen LogP contribution is 2.07. The minimum atomic E-state index is -0.213. The van der Waals surface area contributed by atoms with Gasteiger partial charge in [0.25, 0.3) is 5.91 Å². The number of rotatable bonds is 4. The lowest BCUT2D eigenvalue weighted by Gasteiger charge is -2.26. The van der Waals surface area contributed by atoms with Crippen molar-refractivity contribution < 1.29 is 14.3 Å². The molecule has 16 heavy (non-hydrogen) atoms. The molecular formula is C10H12N2O3S. The molecule has 0 unspecified atom stereocenters. The summed E-state index contributed by atoms with van der Waals surface area (Å²) in [5.74, 6) is -0.395. The third-order valence-electron chi connectivity index (χ3n) is 2.16. The summed E-state index contributed by atoms with van der Waals surface area (Å²) >= 11 is 1.35. The van der Waals surface area contributed by atoms with Crippen LogP contribution in [0.3, 0.4) is 0 Å². The van der Waals surface area contributed by atoms with Crippen LogP contribution < -0.4 is 10.6 Å². The molecule has 1 aliphatic heterocycles. The van der Waals surface area contributed by atoms with E-state index in [1.807, 2.05) is 5.38 Å². The fourth-order valence-electron chi connectivity index (χ4n) is 1.25. The van der Waals surface area contributed by atoms with Crippen LogP contribution in [-0.4, -0.2) is 37.6 Å². The van der Waals surface area contributed by atoms with E-state index in [4.69, 9.17) is 4.74 Å². The Balaban J connectivity index is 1.70. The number of ether oxygens (including phenoxy) is 1. The molecule has 1 fully saturated rings. The molecule has 2 rings (SSSR count). The van der Waals surface area contributed by atoms with E-state index >= 15 is 0 Å². The number of nitrogens with one attached hydrogen (secondary N) is 2. The number of hydrogen-bond donors (Lipinski definition) is 2. The Labute approximate surface area is 96.8 Å². The molecule has 86 valence electrons. The lowest BCUT2D eigenvalue weighted by Crippen LogP contribution is -2.51. The van der Waals surface area contributed by atoms with E-state index in [1.54, 1.807) is 12.1 Å². The second kappa shape index (κ2) is 5.09. The molecule has 0 spiro atoms. The maximum absolute atomic E-state index is 11.5. The van der Waals surface area contributed by atoms with E-state index in [9.17, 15) is 9.59 Å². The summed E-state index contributed by atoms with van der Waals surface area (Å²) in [6.45, 7) is 1.13. The molecular weight excluding hydrogens is 228 g/mol. The number of carbonyl (C=O) groups is 2. The van der Waals surface area contributed by atoms with Gasteiger partial charge in [-0.05, 0) is 11.4 Å². The lowest BCUT2D eigenvalue weighted by molar-refractivity contribution is -0.124.